The van der Waals surface area contributed by atoms with Crippen LogP contribution in [0.15, 0.2) is 53.3 Å². The first-order valence-electron chi connectivity index (χ1n) is 10.5. The molecule has 162 valence electrons. The molecule has 31 heavy (non-hydrogen) atoms. The third-order valence-corrected chi connectivity index (χ3v) is 5.61. The molecule has 1 amide bonds. The average molecular weight is 423 g/mol. The summed E-state index contributed by atoms with van der Waals surface area (Å²) in [6, 6.07) is 13.1. The van der Waals surface area contributed by atoms with E-state index in [0.717, 1.165) is 18.8 Å². The standard InChI is InChI=1S/C24H26FN3O3/c1-17-14-23(29)20-15-18(6-7-22(20)26-17)24(30)28(9-8-27-10-12-31-13-11-27)16-19-4-2-3-5-21(19)25/h2-7,14-15H,8-13,16H2,1H3,(H,26,29). The molecule has 1 fully saturated rings. The summed E-state index contributed by atoms with van der Waals surface area (Å²) in [6.07, 6.45) is 0. The van der Waals surface area contributed by atoms with Gasteiger partial charge >= 0.3 is 0 Å². The number of aryl methyl sites for hydroxylation is 1. The van der Waals surface area contributed by atoms with Crippen LogP contribution in [0.2, 0.25) is 0 Å². The number of aromatic nitrogens is 1. The molecule has 3 aromatic rings. The van der Waals surface area contributed by atoms with E-state index in [0.29, 0.717) is 48.3 Å². The Bertz CT molecular complexity index is 1140. The Morgan fingerprint density at radius 2 is 1.94 bits per heavy atom. The molecule has 0 saturated carbocycles. The number of nitrogens with one attached hydrogen (secondary N) is 1. The maximum Gasteiger partial charge on any atom is 0.254 e. The number of amides is 1. The molecule has 1 aromatic heterocycles. The second kappa shape index (κ2) is 9.41. The number of hydrogen-bond acceptors (Lipinski definition) is 4. The fourth-order valence-corrected chi connectivity index (χ4v) is 3.87. The van der Waals surface area contributed by atoms with Crippen LogP contribution in [0, 0.1) is 12.7 Å². The van der Waals surface area contributed by atoms with E-state index in [1.54, 1.807) is 41.3 Å². The van der Waals surface area contributed by atoms with Crippen molar-refractivity contribution < 1.29 is 13.9 Å². The van der Waals surface area contributed by atoms with E-state index < -0.39 is 0 Å². The van der Waals surface area contributed by atoms with E-state index in [1.165, 1.54) is 12.1 Å². The molecule has 1 N–H and O–H groups in total. The molecule has 1 aliphatic rings. The number of rotatable bonds is 6. The number of aromatic amines is 1. The van der Waals surface area contributed by atoms with Crippen molar-refractivity contribution in [2.24, 2.45) is 0 Å². The molecule has 0 aliphatic carbocycles. The number of fused-ring (bicyclic) bond motifs is 1. The Labute approximate surface area is 180 Å². The third-order valence-electron chi connectivity index (χ3n) is 5.61. The number of H-pyrrole nitrogens is 1. The smallest absolute Gasteiger partial charge is 0.254 e. The molecular weight excluding hydrogens is 397 g/mol. The number of benzene rings is 2. The minimum absolute atomic E-state index is 0.130. The fourth-order valence-electron chi connectivity index (χ4n) is 3.87. The number of hydrogen-bond donors (Lipinski definition) is 1. The zero-order valence-electron chi connectivity index (χ0n) is 17.6. The van der Waals surface area contributed by atoms with Gasteiger partial charge in [-0.15, -0.1) is 0 Å². The third kappa shape index (κ3) is 5.00. The Balaban J connectivity index is 1.61. The second-order valence-electron chi connectivity index (χ2n) is 7.85. The van der Waals surface area contributed by atoms with Crippen LogP contribution in [-0.2, 0) is 11.3 Å². The van der Waals surface area contributed by atoms with Gasteiger partial charge in [-0.25, -0.2) is 4.39 Å². The highest BCUT2D eigenvalue weighted by Crippen LogP contribution is 2.17. The zero-order valence-corrected chi connectivity index (χ0v) is 17.6. The number of nitrogens with zero attached hydrogens (tertiary/aromatic N) is 2. The Kier molecular flexibility index (Phi) is 6.44. The van der Waals surface area contributed by atoms with Gasteiger partial charge in [-0.1, -0.05) is 18.2 Å². The molecule has 0 bridgehead atoms. The number of carbonyl (C=O) groups excluding carboxylic acids is 1. The van der Waals surface area contributed by atoms with Gasteiger partial charge in [0.25, 0.3) is 5.91 Å². The number of morpholine rings is 1. The lowest BCUT2D eigenvalue weighted by atomic mass is 10.1. The van der Waals surface area contributed by atoms with E-state index in [1.807, 2.05) is 6.92 Å². The Hall–Kier alpha value is -3.03. The lowest BCUT2D eigenvalue weighted by molar-refractivity contribution is 0.0320. The lowest BCUT2D eigenvalue weighted by Gasteiger charge is -2.30. The molecule has 6 nitrogen and oxygen atoms in total. The Morgan fingerprint density at radius 3 is 2.71 bits per heavy atom. The van der Waals surface area contributed by atoms with Gasteiger partial charge in [0.2, 0.25) is 0 Å². The van der Waals surface area contributed by atoms with Crippen LogP contribution in [0.5, 0.6) is 0 Å². The molecule has 2 aromatic carbocycles. The van der Waals surface area contributed by atoms with E-state index in [2.05, 4.69) is 9.88 Å². The molecule has 0 unspecified atom stereocenters. The summed E-state index contributed by atoms with van der Waals surface area (Å²) < 4.78 is 19.7. The van der Waals surface area contributed by atoms with Crippen molar-refractivity contribution in [1.82, 2.24) is 14.8 Å². The normalized spacial score (nSPS) is 14.6. The van der Waals surface area contributed by atoms with Gasteiger partial charge in [0.1, 0.15) is 5.82 Å². The highest BCUT2D eigenvalue weighted by atomic mass is 19.1. The largest absolute Gasteiger partial charge is 0.379 e. The van der Waals surface area contributed by atoms with Gasteiger partial charge in [-0.2, -0.15) is 0 Å². The predicted octanol–water partition coefficient (Wildman–Crippen LogP) is 2.95. The topological polar surface area (TPSA) is 65.6 Å². The van der Waals surface area contributed by atoms with Crippen LogP contribution >= 0.6 is 0 Å². The maximum absolute atomic E-state index is 14.3. The van der Waals surface area contributed by atoms with E-state index in [-0.39, 0.29) is 23.7 Å². The van der Waals surface area contributed by atoms with E-state index >= 15 is 0 Å². The summed E-state index contributed by atoms with van der Waals surface area (Å²) in [5, 5.41) is 0.468. The highest BCUT2D eigenvalue weighted by molar-refractivity contribution is 5.98. The van der Waals surface area contributed by atoms with Crippen molar-refractivity contribution in [1.29, 1.82) is 0 Å². The van der Waals surface area contributed by atoms with Gasteiger partial charge in [-0.3, -0.25) is 14.5 Å². The quantitative estimate of drug-likeness (QED) is 0.662. The van der Waals surface area contributed by atoms with Crippen molar-refractivity contribution >= 4 is 16.8 Å². The van der Waals surface area contributed by atoms with Crippen molar-refractivity contribution in [2.75, 3.05) is 39.4 Å². The number of carbonyl (C=O) groups is 1. The Morgan fingerprint density at radius 1 is 1.16 bits per heavy atom. The van der Waals surface area contributed by atoms with Crippen LogP contribution in [0.25, 0.3) is 10.9 Å². The summed E-state index contributed by atoms with van der Waals surface area (Å²) in [4.78, 5) is 32.8. The first-order chi connectivity index (χ1) is 15.0. The van der Waals surface area contributed by atoms with Gasteiger partial charge in [0, 0.05) is 66.5 Å². The number of halogens is 1. The van der Waals surface area contributed by atoms with Gasteiger partial charge < -0.3 is 14.6 Å². The van der Waals surface area contributed by atoms with Crippen molar-refractivity contribution in [3.8, 4) is 0 Å². The van der Waals surface area contributed by atoms with Crippen LogP contribution in [-0.4, -0.2) is 60.1 Å². The minimum Gasteiger partial charge on any atom is -0.379 e. The summed E-state index contributed by atoms with van der Waals surface area (Å²) in [6.45, 7) is 6.09. The monoisotopic (exact) mass is 423 g/mol. The van der Waals surface area contributed by atoms with Crippen LogP contribution in [0.3, 0.4) is 0 Å². The molecule has 4 rings (SSSR count). The average Bonchev–Trinajstić information content (AvgIpc) is 2.78. The first-order valence-corrected chi connectivity index (χ1v) is 10.5. The van der Waals surface area contributed by atoms with Crippen molar-refractivity contribution in [3.63, 3.8) is 0 Å². The second-order valence-corrected chi connectivity index (χ2v) is 7.85. The summed E-state index contributed by atoms with van der Waals surface area (Å²) in [5.41, 5.74) is 2.21. The highest BCUT2D eigenvalue weighted by Gasteiger charge is 2.20. The number of ether oxygens (including phenoxy) is 1. The summed E-state index contributed by atoms with van der Waals surface area (Å²) >= 11 is 0. The first kappa shape index (κ1) is 21.2. The molecule has 1 aliphatic heterocycles. The van der Waals surface area contributed by atoms with Crippen molar-refractivity contribution in [3.05, 3.63) is 81.4 Å². The summed E-state index contributed by atoms with van der Waals surface area (Å²) in [7, 11) is 0. The van der Waals surface area contributed by atoms with E-state index in [9.17, 15) is 14.0 Å². The fraction of sp³-hybridized carbons (Fsp3) is 0.333. The SMILES string of the molecule is Cc1cc(=O)c2cc(C(=O)N(CCN3CCOCC3)Cc3ccccc3F)ccc2[nH]1. The van der Waals surface area contributed by atoms with Crippen LogP contribution < -0.4 is 5.43 Å². The molecule has 0 radical (unpaired) electrons. The van der Waals surface area contributed by atoms with Crippen LogP contribution in [0.1, 0.15) is 21.6 Å². The minimum atomic E-state index is -0.336. The van der Waals surface area contributed by atoms with E-state index in [4.69, 9.17) is 4.74 Å². The summed E-state index contributed by atoms with van der Waals surface area (Å²) in [5.74, 6) is -0.560. The van der Waals surface area contributed by atoms with Gasteiger partial charge in [0.15, 0.2) is 5.43 Å². The van der Waals surface area contributed by atoms with Gasteiger partial charge in [0.05, 0.1) is 13.2 Å². The molecule has 1 saturated heterocycles. The number of pyridine rings is 1. The zero-order chi connectivity index (χ0) is 21.8. The molecule has 0 atom stereocenters. The maximum atomic E-state index is 14.3. The molecule has 7 heteroatoms. The molecule has 2 heterocycles. The van der Waals surface area contributed by atoms with Gasteiger partial charge in [-0.05, 0) is 31.2 Å². The molecule has 0 spiro atoms. The lowest BCUT2D eigenvalue weighted by Crippen LogP contribution is -2.43. The van der Waals surface area contributed by atoms with Crippen molar-refractivity contribution in [2.45, 2.75) is 13.5 Å². The van der Waals surface area contributed by atoms with Crippen LogP contribution in [0.4, 0.5) is 4.39 Å². The molecular formula is C24H26FN3O3. The predicted molar refractivity (Wildman–Crippen MR) is 118 cm³/mol.